The Morgan fingerprint density at radius 3 is 2.43 bits per heavy atom. The zero-order valence-electron chi connectivity index (χ0n) is 12.6. The molecule has 2 aliphatic carbocycles. The maximum absolute atomic E-state index is 12.6. The van der Waals surface area contributed by atoms with E-state index in [2.05, 4.69) is 35.5 Å². The third-order valence-electron chi connectivity index (χ3n) is 5.50. The Kier molecular flexibility index (Phi) is 3.08. The van der Waals surface area contributed by atoms with E-state index in [1.165, 1.54) is 18.8 Å². The van der Waals surface area contributed by atoms with Crippen LogP contribution in [-0.4, -0.2) is 24.4 Å². The molecule has 0 amide bonds. The number of sulfonamides is 1. The fourth-order valence-electron chi connectivity index (χ4n) is 4.28. The molecule has 3 unspecified atom stereocenters. The van der Waals surface area contributed by atoms with E-state index in [1.54, 1.807) is 0 Å². The number of nitrogens with zero attached hydrogens (tertiary/aromatic N) is 2. The van der Waals surface area contributed by atoms with Crippen LogP contribution in [0.1, 0.15) is 40.0 Å². The lowest BCUT2D eigenvalue weighted by atomic mass is 9.69. The van der Waals surface area contributed by atoms with Gasteiger partial charge in [0.15, 0.2) is 0 Å². The maximum atomic E-state index is 12.6. The average molecular weight is 310 g/mol. The van der Waals surface area contributed by atoms with Gasteiger partial charge < -0.3 is 5.73 Å². The monoisotopic (exact) mass is 310 g/mol. The topological polar surface area (TPSA) is 98.0 Å². The van der Waals surface area contributed by atoms with Gasteiger partial charge in [0.05, 0.1) is 12.4 Å². The van der Waals surface area contributed by atoms with E-state index >= 15 is 0 Å². The van der Waals surface area contributed by atoms with Crippen LogP contribution in [0.15, 0.2) is 17.3 Å². The number of nitrogens with two attached hydrogens (primary N) is 1. The van der Waals surface area contributed by atoms with Gasteiger partial charge in [-0.05, 0) is 36.0 Å². The highest BCUT2D eigenvalue weighted by atomic mass is 32.2. The van der Waals surface area contributed by atoms with Crippen molar-refractivity contribution in [3.05, 3.63) is 12.4 Å². The first-order valence-electron chi connectivity index (χ1n) is 7.25. The van der Waals surface area contributed by atoms with Gasteiger partial charge in [-0.2, -0.15) is 0 Å². The van der Waals surface area contributed by atoms with Gasteiger partial charge in [0.1, 0.15) is 4.90 Å². The molecule has 21 heavy (non-hydrogen) atoms. The van der Waals surface area contributed by atoms with E-state index in [9.17, 15) is 8.42 Å². The van der Waals surface area contributed by atoms with E-state index in [1.807, 2.05) is 0 Å². The second-order valence-corrected chi connectivity index (χ2v) is 8.96. The van der Waals surface area contributed by atoms with Gasteiger partial charge in [0.2, 0.25) is 16.0 Å². The molecule has 0 aliphatic heterocycles. The molecule has 0 radical (unpaired) electrons. The Labute approximate surface area is 125 Å². The molecule has 2 bridgehead atoms. The summed E-state index contributed by atoms with van der Waals surface area (Å²) in [6, 6.07) is -0.0636. The summed E-state index contributed by atoms with van der Waals surface area (Å²) in [6.45, 7) is 6.51. The van der Waals surface area contributed by atoms with Gasteiger partial charge in [-0.3, -0.25) is 0 Å². The Balaban J connectivity index is 1.91. The molecule has 116 valence electrons. The second kappa shape index (κ2) is 4.39. The third kappa shape index (κ3) is 2.23. The number of hydrogen-bond donors (Lipinski definition) is 2. The van der Waals surface area contributed by atoms with Gasteiger partial charge in [0.25, 0.3) is 0 Å². The van der Waals surface area contributed by atoms with Crippen LogP contribution in [0.25, 0.3) is 0 Å². The number of anilines is 1. The predicted octanol–water partition coefficient (Wildman–Crippen LogP) is 1.55. The maximum Gasteiger partial charge on any atom is 0.243 e. The largest absolute Gasteiger partial charge is 0.368 e. The lowest BCUT2D eigenvalue weighted by Crippen LogP contribution is -2.52. The Morgan fingerprint density at radius 1 is 1.29 bits per heavy atom. The molecule has 7 heteroatoms. The summed E-state index contributed by atoms with van der Waals surface area (Å²) in [5.74, 6) is 0.652. The fourth-order valence-corrected chi connectivity index (χ4v) is 5.70. The molecule has 3 rings (SSSR count). The van der Waals surface area contributed by atoms with Crippen LogP contribution in [0.5, 0.6) is 0 Å². The first-order valence-corrected chi connectivity index (χ1v) is 8.73. The zero-order valence-corrected chi connectivity index (χ0v) is 13.4. The molecule has 0 saturated heterocycles. The first kappa shape index (κ1) is 14.7. The lowest BCUT2D eigenvalue weighted by molar-refractivity contribution is 0.127. The van der Waals surface area contributed by atoms with Crippen molar-refractivity contribution in [1.82, 2.24) is 14.7 Å². The molecule has 3 N–H and O–H groups in total. The predicted molar refractivity (Wildman–Crippen MR) is 79.8 cm³/mol. The molecule has 2 saturated carbocycles. The van der Waals surface area contributed by atoms with E-state index in [4.69, 9.17) is 5.73 Å². The van der Waals surface area contributed by atoms with Crippen molar-refractivity contribution in [2.24, 2.45) is 16.7 Å². The van der Waals surface area contributed by atoms with Crippen molar-refractivity contribution >= 4 is 16.0 Å². The van der Waals surface area contributed by atoms with Crippen molar-refractivity contribution in [2.75, 3.05) is 5.73 Å². The summed E-state index contributed by atoms with van der Waals surface area (Å²) < 4.78 is 28.1. The van der Waals surface area contributed by atoms with Crippen molar-refractivity contribution in [3.8, 4) is 0 Å². The molecular formula is C14H22N4O2S. The van der Waals surface area contributed by atoms with Crippen LogP contribution in [0.3, 0.4) is 0 Å². The number of aromatic nitrogens is 2. The van der Waals surface area contributed by atoms with E-state index in [0.717, 1.165) is 12.8 Å². The highest BCUT2D eigenvalue weighted by Gasteiger charge is 2.60. The van der Waals surface area contributed by atoms with Crippen molar-refractivity contribution in [1.29, 1.82) is 0 Å². The minimum atomic E-state index is -3.62. The Bertz CT molecular complexity index is 651. The minimum absolute atomic E-state index is 0.0330. The van der Waals surface area contributed by atoms with Crippen LogP contribution in [0.2, 0.25) is 0 Å². The number of rotatable bonds is 3. The molecule has 2 aliphatic rings. The molecule has 0 aromatic carbocycles. The molecule has 1 heterocycles. The van der Waals surface area contributed by atoms with Crippen LogP contribution in [0, 0.1) is 16.7 Å². The van der Waals surface area contributed by atoms with E-state index in [-0.39, 0.29) is 27.7 Å². The highest BCUT2D eigenvalue weighted by Crippen LogP contribution is 2.62. The number of nitrogen functional groups attached to an aromatic ring is 1. The van der Waals surface area contributed by atoms with Crippen LogP contribution >= 0.6 is 0 Å². The Morgan fingerprint density at radius 2 is 1.90 bits per heavy atom. The average Bonchev–Trinajstić information content (AvgIpc) is 2.87. The number of hydrogen-bond acceptors (Lipinski definition) is 5. The molecule has 6 nitrogen and oxygen atoms in total. The molecule has 2 fully saturated rings. The van der Waals surface area contributed by atoms with Crippen molar-refractivity contribution < 1.29 is 8.42 Å². The smallest absolute Gasteiger partial charge is 0.243 e. The molecule has 3 atom stereocenters. The molecular weight excluding hydrogens is 288 g/mol. The second-order valence-electron chi connectivity index (χ2n) is 7.25. The van der Waals surface area contributed by atoms with E-state index < -0.39 is 10.0 Å². The van der Waals surface area contributed by atoms with Gasteiger partial charge >= 0.3 is 0 Å². The van der Waals surface area contributed by atoms with Crippen LogP contribution < -0.4 is 10.5 Å². The summed E-state index contributed by atoms with van der Waals surface area (Å²) >= 11 is 0. The summed E-state index contributed by atoms with van der Waals surface area (Å²) in [5.41, 5.74) is 5.41. The highest BCUT2D eigenvalue weighted by molar-refractivity contribution is 7.89. The van der Waals surface area contributed by atoms with Crippen molar-refractivity contribution in [2.45, 2.75) is 51.0 Å². The van der Waals surface area contributed by atoms with Gasteiger partial charge in [-0.1, -0.05) is 20.8 Å². The quantitative estimate of drug-likeness (QED) is 0.882. The molecule has 1 aromatic rings. The van der Waals surface area contributed by atoms with Crippen LogP contribution in [-0.2, 0) is 10.0 Å². The summed E-state index contributed by atoms with van der Waals surface area (Å²) in [7, 11) is -3.62. The molecule has 1 aromatic heterocycles. The third-order valence-corrected chi connectivity index (χ3v) is 6.88. The summed E-state index contributed by atoms with van der Waals surface area (Å²) in [4.78, 5) is 7.61. The fraction of sp³-hybridized carbons (Fsp3) is 0.714. The number of fused-ring (bicyclic) bond motifs is 2. The van der Waals surface area contributed by atoms with Gasteiger partial charge in [-0.25, -0.2) is 23.1 Å². The van der Waals surface area contributed by atoms with Crippen LogP contribution in [0.4, 0.5) is 5.95 Å². The van der Waals surface area contributed by atoms with Gasteiger partial charge in [0, 0.05) is 6.04 Å². The summed E-state index contributed by atoms with van der Waals surface area (Å²) in [6.07, 6.45) is 5.87. The Hall–Kier alpha value is -1.21. The number of nitrogens with one attached hydrogen (secondary N) is 1. The van der Waals surface area contributed by atoms with Gasteiger partial charge in [-0.15, -0.1) is 0 Å². The lowest BCUT2D eigenvalue weighted by Gasteiger charge is -2.42. The summed E-state index contributed by atoms with van der Waals surface area (Å²) in [5, 5.41) is 0. The minimum Gasteiger partial charge on any atom is -0.368 e. The van der Waals surface area contributed by atoms with Crippen molar-refractivity contribution in [3.63, 3.8) is 0 Å². The SMILES string of the molecule is CC12CCC(C1)C(C)(C)C2NS(=O)(=O)c1cnc(N)nc1. The zero-order chi connectivity index (χ0) is 15.5. The first-order chi connectivity index (χ1) is 9.65. The van der Waals surface area contributed by atoms with E-state index in [0.29, 0.717) is 5.92 Å². The molecule has 0 spiro atoms. The normalized spacial score (nSPS) is 34.2. The standard InChI is InChI=1S/C14H22N4O2S/c1-13(2)9-4-5-14(3,6-9)11(13)18-21(19,20)10-7-16-12(15)17-8-10/h7-9,11,18H,4-6H2,1-3H3,(H2,15,16,17).